The Labute approximate surface area is 553 Å². The van der Waals surface area contributed by atoms with Crippen LogP contribution in [0.4, 0.5) is 55.6 Å². The van der Waals surface area contributed by atoms with Gasteiger partial charge in [-0.25, -0.2) is 18.9 Å². The van der Waals surface area contributed by atoms with Crippen LogP contribution in [0.5, 0.6) is 0 Å². The Morgan fingerprint density at radius 2 is 0.895 bits per heavy atom. The summed E-state index contributed by atoms with van der Waals surface area (Å²) >= 11 is 0. The number of nitrogens with zero attached hydrogens (tertiary/aromatic N) is 7. The summed E-state index contributed by atoms with van der Waals surface area (Å²) in [5.74, 6) is -2.08. The van der Waals surface area contributed by atoms with E-state index >= 15 is 0 Å². The zero-order valence-corrected chi connectivity index (χ0v) is 52.9. The summed E-state index contributed by atoms with van der Waals surface area (Å²) in [5, 5.41) is 76.3. The quantitative estimate of drug-likeness (QED) is 0.0396. The van der Waals surface area contributed by atoms with E-state index in [1.807, 2.05) is 61.5 Å². The molecule has 0 aromatic heterocycles. The lowest BCUT2D eigenvalue weighted by Gasteiger charge is -2.30. The molecule has 9 aromatic carbocycles. The maximum Gasteiger partial charge on any atom is 0.257 e. The standard InChI is InChI=1S/C27H26N4O2.C25H21FN4O2.C23H20N4O2.CH4/c1-18-6-8-20(9-7-18)24-15-23(12-10-21(24)16-28)31(5)17-27(3,33)26(32)30-22-11-13-25(29-4)19(2)14-22;1-16-12-21(10-11-23(16)28-3)30-24(31)25(2,32)15-29-20-9-6-18(14-27)22(13-20)17-4-7-19(26)8-5-17;1-15-12-17(9-11-20(15)25-3)27-22(28)23(2,29)14-26-21-10-8-16(13-24)18-6-4-5-7-19(18)21;/h6-15,33H,17H2,1-3,5H3,(H,30,32);4-13,29,32H,15H2,1-2H3,(H,30,31);4-12,26,29H,14H2,1-2H3,(H,27,28);1H4/t27-;25-;23-;/m000./s1. The summed E-state index contributed by atoms with van der Waals surface area (Å²) in [6.07, 6.45) is 0. The summed E-state index contributed by atoms with van der Waals surface area (Å²) < 4.78 is 13.3. The van der Waals surface area contributed by atoms with Crippen LogP contribution in [0.15, 0.2) is 176 Å². The van der Waals surface area contributed by atoms with Gasteiger partial charge in [-0.15, -0.1) is 0 Å². The molecule has 0 aliphatic heterocycles. The number of aryl methyl sites for hydroxylation is 4. The van der Waals surface area contributed by atoms with Crippen molar-refractivity contribution in [2.45, 2.75) is 72.7 Å². The van der Waals surface area contributed by atoms with Crippen molar-refractivity contribution < 1.29 is 34.1 Å². The van der Waals surface area contributed by atoms with Crippen LogP contribution in [0, 0.1) is 87.2 Å². The first-order valence-corrected chi connectivity index (χ1v) is 29.3. The van der Waals surface area contributed by atoms with E-state index in [1.165, 1.54) is 32.9 Å². The van der Waals surface area contributed by atoms with Gasteiger partial charge in [0.05, 0.1) is 74.2 Å². The number of amides is 3. The lowest BCUT2D eigenvalue weighted by Crippen LogP contribution is -2.48. The van der Waals surface area contributed by atoms with Gasteiger partial charge in [-0.3, -0.25) is 14.4 Å². The van der Waals surface area contributed by atoms with E-state index in [0.29, 0.717) is 67.6 Å². The molecule has 0 heterocycles. The van der Waals surface area contributed by atoms with Crippen LogP contribution in [0.3, 0.4) is 0 Å². The fourth-order valence-corrected chi connectivity index (χ4v) is 9.71. The lowest BCUT2D eigenvalue weighted by molar-refractivity contribution is -0.131. The van der Waals surface area contributed by atoms with E-state index in [4.69, 9.17) is 19.7 Å². The number of hydrogen-bond acceptors (Lipinski definition) is 12. The van der Waals surface area contributed by atoms with Gasteiger partial charge in [0.2, 0.25) is 0 Å². The molecule has 0 bridgehead atoms. The third kappa shape index (κ3) is 18.5. The van der Waals surface area contributed by atoms with Gasteiger partial charge in [-0.2, -0.15) is 15.8 Å². The van der Waals surface area contributed by atoms with Gasteiger partial charge < -0.3 is 46.8 Å². The van der Waals surface area contributed by atoms with Gasteiger partial charge in [0.25, 0.3) is 17.7 Å². The van der Waals surface area contributed by atoms with E-state index in [0.717, 1.165) is 55.5 Å². The van der Waals surface area contributed by atoms with E-state index in [2.05, 4.69) is 59.3 Å². The van der Waals surface area contributed by atoms with Crippen molar-refractivity contribution >= 4 is 79.7 Å². The van der Waals surface area contributed by atoms with Crippen molar-refractivity contribution in [3.63, 3.8) is 0 Å². The molecular weight excluding hydrogens is 1200 g/mol. The number of carbonyl (C=O) groups excluding carboxylic acids is 3. The molecule has 0 saturated heterocycles. The predicted molar refractivity (Wildman–Crippen MR) is 374 cm³/mol. The third-order valence-electron chi connectivity index (χ3n) is 15.3. The SMILES string of the molecule is C.[C-]#[N+]c1ccc(NC(=O)[C@@](C)(O)CN(C)c2ccc(C#N)c(-c3ccc(C)cc3)c2)cc1C.[C-]#[N+]c1ccc(NC(=O)[C@@](C)(O)CNc2ccc(C#N)c(-c3ccc(F)cc3)c2)cc1C.[C-]#[N+]c1ccc(NC(=O)[C@@](C)(O)CNc2ccc(C#N)c3ccccc23)cc1C. The topological polar surface area (TPSA) is 260 Å². The number of nitrogens with one attached hydrogen (secondary N) is 5. The van der Waals surface area contributed by atoms with Crippen molar-refractivity contribution in [2.24, 2.45) is 0 Å². The molecule has 0 spiro atoms. The summed E-state index contributed by atoms with van der Waals surface area (Å²) in [5.41, 5.74) is 7.94. The molecular formula is C76H71FN12O6. The number of nitriles is 3. The van der Waals surface area contributed by atoms with Gasteiger partial charge in [0, 0.05) is 63.1 Å². The van der Waals surface area contributed by atoms with Crippen LogP contribution in [0.25, 0.3) is 47.6 Å². The highest BCUT2D eigenvalue weighted by Gasteiger charge is 2.34. The highest BCUT2D eigenvalue weighted by Crippen LogP contribution is 2.33. The Hall–Kier alpha value is -12.2. The molecule has 18 nitrogen and oxygen atoms in total. The first-order chi connectivity index (χ1) is 44.7. The average Bonchev–Trinajstić information content (AvgIpc) is 0.825. The highest BCUT2D eigenvalue weighted by molar-refractivity contribution is 6.01. The molecule has 8 N–H and O–H groups in total. The maximum absolute atomic E-state index is 13.3. The van der Waals surface area contributed by atoms with Crippen molar-refractivity contribution in [1.29, 1.82) is 15.8 Å². The molecule has 478 valence electrons. The smallest absolute Gasteiger partial charge is 0.257 e. The van der Waals surface area contributed by atoms with E-state index in [9.17, 15) is 49.9 Å². The number of benzene rings is 9. The van der Waals surface area contributed by atoms with Crippen molar-refractivity contribution in [2.75, 3.05) is 58.2 Å². The Morgan fingerprint density at radius 1 is 0.495 bits per heavy atom. The van der Waals surface area contributed by atoms with Gasteiger partial charge in [0.15, 0.2) is 33.9 Å². The maximum atomic E-state index is 13.3. The number of halogens is 1. The number of likely N-dealkylation sites (N-methyl/N-ethyl adjacent to an activating group) is 1. The first-order valence-electron chi connectivity index (χ1n) is 29.3. The zero-order valence-electron chi connectivity index (χ0n) is 52.9. The molecule has 9 aromatic rings. The number of rotatable bonds is 17. The van der Waals surface area contributed by atoms with Crippen molar-refractivity contribution in [1.82, 2.24) is 0 Å². The largest absolute Gasteiger partial charge is 0.382 e. The molecule has 3 amide bonds. The van der Waals surface area contributed by atoms with Crippen LogP contribution >= 0.6 is 0 Å². The second kappa shape index (κ2) is 31.7. The minimum absolute atomic E-state index is 0. The monoisotopic (exact) mass is 1270 g/mol. The molecule has 0 fully saturated rings. The van der Waals surface area contributed by atoms with E-state index in [1.54, 1.807) is 142 Å². The fourth-order valence-electron chi connectivity index (χ4n) is 9.71. The molecule has 0 aliphatic rings. The molecule has 0 aliphatic carbocycles. The number of anilines is 6. The molecule has 9 rings (SSSR count). The molecule has 3 atom stereocenters. The first kappa shape index (κ1) is 71.9. The fraction of sp³-hybridized carbons (Fsp3) is 0.197. The number of hydrogen-bond donors (Lipinski definition) is 8. The minimum atomic E-state index is -1.74. The average molecular weight is 1270 g/mol. The minimum Gasteiger partial charge on any atom is -0.382 e. The second-order valence-electron chi connectivity index (χ2n) is 23.0. The van der Waals surface area contributed by atoms with Crippen LogP contribution < -0.4 is 31.5 Å². The number of aliphatic hydroxyl groups is 3. The summed E-state index contributed by atoms with van der Waals surface area (Å²) in [6.45, 7) is 32.9. The summed E-state index contributed by atoms with van der Waals surface area (Å²) in [7, 11) is 1.79. The van der Waals surface area contributed by atoms with Crippen molar-refractivity contribution in [3.05, 3.63) is 255 Å². The van der Waals surface area contributed by atoms with Crippen LogP contribution in [-0.2, 0) is 14.4 Å². The van der Waals surface area contributed by atoms with Gasteiger partial charge >= 0.3 is 0 Å². The molecule has 0 saturated carbocycles. The molecule has 19 heteroatoms. The van der Waals surface area contributed by atoms with Crippen LogP contribution in [-0.4, -0.2) is 76.5 Å². The van der Waals surface area contributed by atoms with E-state index in [-0.39, 0.29) is 32.9 Å². The Bertz CT molecular complexity index is 4600. The number of fused-ring (bicyclic) bond motifs is 1. The van der Waals surface area contributed by atoms with Crippen LogP contribution in [0.2, 0.25) is 0 Å². The Kier molecular flexibility index (Phi) is 24.0. The van der Waals surface area contributed by atoms with Gasteiger partial charge in [0.1, 0.15) is 5.82 Å². The van der Waals surface area contributed by atoms with Gasteiger partial charge in [-0.1, -0.05) is 91.9 Å². The molecule has 95 heavy (non-hydrogen) atoms. The predicted octanol–water partition coefficient (Wildman–Crippen LogP) is 15.3. The Balaban J connectivity index is 0.000000225. The van der Waals surface area contributed by atoms with E-state index < -0.39 is 34.5 Å². The molecule has 0 unspecified atom stereocenters. The van der Waals surface area contributed by atoms with Crippen LogP contribution in [0.1, 0.15) is 67.1 Å². The van der Waals surface area contributed by atoms with Gasteiger partial charge in [-0.05, 0) is 173 Å². The summed E-state index contributed by atoms with van der Waals surface area (Å²) in [4.78, 5) is 50.0. The lowest BCUT2D eigenvalue weighted by atomic mass is 9.98. The molecule has 0 radical (unpaired) electrons. The second-order valence-corrected chi connectivity index (χ2v) is 23.0. The van der Waals surface area contributed by atoms with Crippen molar-refractivity contribution in [3.8, 4) is 40.5 Å². The summed E-state index contributed by atoms with van der Waals surface area (Å²) in [6, 6.07) is 56.5. The Morgan fingerprint density at radius 3 is 1.35 bits per heavy atom. The zero-order chi connectivity index (χ0) is 68.5. The number of carbonyl (C=O) groups is 3. The normalized spacial score (nSPS) is 12.1. The highest BCUT2D eigenvalue weighted by atomic mass is 19.1. The third-order valence-corrected chi connectivity index (χ3v) is 15.3.